The van der Waals surface area contributed by atoms with Gasteiger partial charge in [-0.3, -0.25) is 4.90 Å². The van der Waals surface area contributed by atoms with Crippen LogP contribution in [0.25, 0.3) is 0 Å². The van der Waals surface area contributed by atoms with E-state index in [4.69, 9.17) is 0 Å². The van der Waals surface area contributed by atoms with E-state index in [1.165, 1.54) is 77.4 Å². The molecule has 3 rings (SSSR count). The zero-order valence-corrected chi connectivity index (χ0v) is 14.3. The van der Waals surface area contributed by atoms with Crippen LogP contribution in [0.1, 0.15) is 71.6 Å². The van der Waals surface area contributed by atoms with E-state index >= 15 is 0 Å². The van der Waals surface area contributed by atoms with Crippen molar-refractivity contribution in [2.45, 2.75) is 83.7 Å². The number of hydrogen-bond acceptors (Lipinski definition) is 2. The average molecular weight is 293 g/mol. The molecule has 4 atom stereocenters. The maximum atomic E-state index is 3.91. The van der Waals surface area contributed by atoms with Gasteiger partial charge >= 0.3 is 0 Å². The van der Waals surface area contributed by atoms with Crippen molar-refractivity contribution in [1.29, 1.82) is 0 Å². The van der Waals surface area contributed by atoms with Gasteiger partial charge < -0.3 is 5.32 Å². The highest BCUT2D eigenvalue weighted by Gasteiger charge is 2.34. The number of nitrogens with one attached hydrogen (secondary N) is 1. The van der Waals surface area contributed by atoms with Crippen LogP contribution in [0.3, 0.4) is 0 Å². The van der Waals surface area contributed by atoms with Crippen LogP contribution in [-0.4, -0.2) is 36.6 Å². The van der Waals surface area contributed by atoms with Crippen molar-refractivity contribution < 1.29 is 0 Å². The van der Waals surface area contributed by atoms with Crippen molar-refractivity contribution in [1.82, 2.24) is 10.2 Å². The summed E-state index contributed by atoms with van der Waals surface area (Å²) in [6.07, 6.45) is 13.1. The molecule has 2 aliphatic carbocycles. The van der Waals surface area contributed by atoms with Gasteiger partial charge in [-0.05, 0) is 49.9 Å². The van der Waals surface area contributed by atoms with Crippen LogP contribution >= 0.6 is 0 Å². The van der Waals surface area contributed by atoms with Crippen LogP contribution in [-0.2, 0) is 0 Å². The third kappa shape index (κ3) is 4.01. The fourth-order valence-corrected chi connectivity index (χ4v) is 5.18. The van der Waals surface area contributed by atoms with E-state index in [9.17, 15) is 0 Å². The number of piperazine rings is 1. The number of nitrogens with zero attached hydrogens (tertiary/aromatic N) is 1. The second kappa shape index (κ2) is 7.46. The fourth-order valence-electron chi connectivity index (χ4n) is 5.18. The molecule has 1 N–H and O–H groups in total. The first-order valence-corrected chi connectivity index (χ1v) is 9.73. The second-order valence-corrected chi connectivity index (χ2v) is 8.21. The summed E-state index contributed by atoms with van der Waals surface area (Å²) in [5, 5.41) is 3.91. The van der Waals surface area contributed by atoms with Gasteiger partial charge in [-0.25, -0.2) is 0 Å². The first-order chi connectivity index (χ1) is 10.3. The van der Waals surface area contributed by atoms with Crippen LogP contribution in [0.4, 0.5) is 0 Å². The minimum atomic E-state index is 0.784. The van der Waals surface area contributed by atoms with Gasteiger partial charge in [0.05, 0.1) is 0 Å². The average Bonchev–Trinajstić information content (AvgIpc) is 2.93. The first kappa shape index (κ1) is 15.8. The predicted octanol–water partition coefficient (Wildman–Crippen LogP) is 4.06. The van der Waals surface area contributed by atoms with Gasteiger partial charge in [0.25, 0.3) is 0 Å². The van der Waals surface area contributed by atoms with Crippen LogP contribution in [0.2, 0.25) is 0 Å². The van der Waals surface area contributed by atoms with Crippen LogP contribution < -0.4 is 5.32 Å². The minimum Gasteiger partial charge on any atom is -0.311 e. The standard InChI is InChI=1S/C19H36N2/c1-3-18-12-20-19(17-7-5-4-6-8-17)14-21(18)13-16-10-9-15(2)11-16/h15-20H,3-14H2,1-2H3. The SMILES string of the molecule is CCC1CNC(C2CCCCC2)CN1CC1CCC(C)C1. The highest BCUT2D eigenvalue weighted by atomic mass is 15.2. The zero-order valence-electron chi connectivity index (χ0n) is 14.3. The molecule has 0 spiro atoms. The lowest BCUT2D eigenvalue weighted by atomic mass is 9.82. The lowest BCUT2D eigenvalue weighted by Crippen LogP contribution is -2.59. The molecule has 0 aromatic carbocycles. The van der Waals surface area contributed by atoms with Crippen molar-refractivity contribution in [2.75, 3.05) is 19.6 Å². The Balaban J connectivity index is 1.56. The first-order valence-electron chi connectivity index (χ1n) is 9.73. The summed E-state index contributed by atoms with van der Waals surface area (Å²) in [4.78, 5) is 2.87. The Kier molecular flexibility index (Phi) is 5.61. The maximum Gasteiger partial charge on any atom is 0.0224 e. The van der Waals surface area contributed by atoms with Gasteiger partial charge in [-0.15, -0.1) is 0 Å². The molecule has 2 nitrogen and oxygen atoms in total. The molecule has 1 heterocycles. The van der Waals surface area contributed by atoms with Crippen molar-refractivity contribution in [2.24, 2.45) is 17.8 Å². The number of rotatable bonds is 4. The van der Waals surface area contributed by atoms with Crippen LogP contribution in [0.15, 0.2) is 0 Å². The van der Waals surface area contributed by atoms with Crippen LogP contribution in [0.5, 0.6) is 0 Å². The molecule has 1 aliphatic heterocycles. The monoisotopic (exact) mass is 292 g/mol. The molecular weight excluding hydrogens is 256 g/mol. The largest absolute Gasteiger partial charge is 0.311 e. The van der Waals surface area contributed by atoms with Crippen molar-refractivity contribution >= 4 is 0 Å². The Morgan fingerprint density at radius 2 is 1.86 bits per heavy atom. The Morgan fingerprint density at radius 1 is 1.05 bits per heavy atom. The second-order valence-electron chi connectivity index (χ2n) is 8.21. The molecule has 0 amide bonds. The summed E-state index contributed by atoms with van der Waals surface area (Å²) in [6, 6.07) is 1.58. The van der Waals surface area contributed by atoms with Gasteiger partial charge in [-0.1, -0.05) is 39.5 Å². The minimum absolute atomic E-state index is 0.784. The maximum absolute atomic E-state index is 3.91. The molecule has 3 fully saturated rings. The third-order valence-corrected chi connectivity index (χ3v) is 6.55. The topological polar surface area (TPSA) is 15.3 Å². The summed E-state index contributed by atoms with van der Waals surface area (Å²) in [5.74, 6) is 2.92. The van der Waals surface area contributed by atoms with E-state index in [0.717, 1.165) is 29.8 Å². The molecule has 0 aromatic rings. The fraction of sp³-hybridized carbons (Fsp3) is 1.00. The molecule has 0 radical (unpaired) electrons. The Labute approximate surface area is 132 Å². The summed E-state index contributed by atoms with van der Waals surface area (Å²) in [5.41, 5.74) is 0. The quantitative estimate of drug-likeness (QED) is 0.841. The molecule has 2 heteroatoms. The summed E-state index contributed by atoms with van der Waals surface area (Å²) >= 11 is 0. The van der Waals surface area contributed by atoms with Gasteiger partial charge in [0.1, 0.15) is 0 Å². The van der Waals surface area contributed by atoms with E-state index in [-0.39, 0.29) is 0 Å². The summed E-state index contributed by atoms with van der Waals surface area (Å²) in [7, 11) is 0. The Bertz CT molecular complexity index is 311. The van der Waals surface area contributed by atoms with Gasteiger partial charge in [-0.2, -0.15) is 0 Å². The van der Waals surface area contributed by atoms with Crippen molar-refractivity contribution in [3.8, 4) is 0 Å². The lowest BCUT2D eigenvalue weighted by Gasteiger charge is -2.44. The van der Waals surface area contributed by atoms with E-state index in [2.05, 4.69) is 24.1 Å². The van der Waals surface area contributed by atoms with Gasteiger partial charge in [0.2, 0.25) is 0 Å². The molecule has 21 heavy (non-hydrogen) atoms. The van der Waals surface area contributed by atoms with Crippen molar-refractivity contribution in [3.05, 3.63) is 0 Å². The van der Waals surface area contributed by atoms with Crippen LogP contribution in [0, 0.1) is 17.8 Å². The molecule has 1 saturated heterocycles. The molecule has 3 aliphatic rings. The summed E-state index contributed by atoms with van der Waals surface area (Å²) < 4.78 is 0. The highest BCUT2D eigenvalue weighted by molar-refractivity contribution is 4.91. The molecule has 0 bridgehead atoms. The normalized spacial score (nSPS) is 39.7. The molecule has 0 aromatic heterocycles. The van der Waals surface area contributed by atoms with Gasteiger partial charge in [0.15, 0.2) is 0 Å². The number of hydrogen-bond donors (Lipinski definition) is 1. The Morgan fingerprint density at radius 3 is 2.52 bits per heavy atom. The third-order valence-electron chi connectivity index (χ3n) is 6.55. The molecular formula is C19H36N2. The predicted molar refractivity (Wildman–Crippen MR) is 90.5 cm³/mol. The van der Waals surface area contributed by atoms with E-state index < -0.39 is 0 Å². The van der Waals surface area contributed by atoms with E-state index in [0.29, 0.717) is 0 Å². The van der Waals surface area contributed by atoms with Crippen molar-refractivity contribution in [3.63, 3.8) is 0 Å². The van der Waals surface area contributed by atoms with E-state index in [1.807, 2.05) is 0 Å². The van der Waals surface area contributed by atoms with Gasteiger partial charge in [0, 0.05) is 31.7 Å². The summed E-state index contributed by atoms with van der Waals surface area (Å²) in [6.45, 7) is 8.76. The molecule has 4 unspecified atom stereocenters. The molecule has 2 saturated carbocycles. The van der Waals surface area contributed by atoms with E-state index in [1.54, 1.807) is 0 Å². The Hall–Kier alpha value is -0.0800. The highest BCUT2D eigenvalue weighted by Crippen LogP contribution is 2.33. The lowest BCUT2D eigenvalue weighted by molar-refractivity contribution is 0.0792. The zero-order chi connectivity index (χ0) is 14.7. The molecule has 122 valence electrons. The smallest absolute Gasteiger partial charge is 0.0224 e.